The number of aldehydes is 1. The first-order chi connectivity index (χ1) is 8.70. The van der Waals surface area contributed by atoms with Crippen LogP contribution < -0.4 is 0 Å². The summed E-state index contributed by atoms with van der Waals surface area (Å²) < 4.78 is 13.0. The fourth-order valence-corrected chi connectivity index (χ4v) is 1.77. The number of nitrogens with zero attached hydrogens (tertiary/aromatic N) is 1. The maximum absolute atomic E-state index is 13.0. The molecular formula is C15H12FNO. The maximum atomic E-state index is 13.0. The van der Waals surface area contributed by atoms with Gasteiger partial charge in [0, 0.05) is 18.0 Å². The lowest BCUT2D eigenvalue weighted by Gasteiger charge is -2.05. The molecule has 1 aromatic carbocycles. The van der Waals surface area contributed by atoms with Crippen molar-refractivity contribution in [2.45, 2.75) is 6.92 Å². The van der Waals surface area contributed by atoms with Gasteiger partial charge in [-0.3, -0.25) is 9.78 Å². The van der Waals surface area contributed by atoms with Gasteiger partial charge in [-0.1, -0.05) is 12.1 Å². The van der Waals surface area contributed by atoms with Gasteiger partial charge < -0.3 is 0 Å². The normalized spacial score (nSPS) is 11.3. The summed E-state index contributed by atoms with van der Waals surface area (Å²) in [6, 6.07) is 8.03. The SMILES string of the molecule is Cc1cc(F)ccc1/C(C=O)=C/c1cccnc1. The van der Waals surface area contributed by atoms with E-state index in [1.807, 2.05) is 6.07 Å². The second-order valence-corrected chi connectivity index (χ2v) is 3.96. The van der Waals surface area contributed by atoms with E-state index < -0.39 is 0 Å². The average Bonchev–Trinajstić information content (AvgIpc) is 2.38. The van der Waals surface area contributed by atoms with Gasteiger partial charge in [-0.2, -0.15) is 0 Å². The standard InChI is InChI=1S/C15H12FNO/c1-11-7-14(16)4-5-15(11)13(10-18)8-12-3-2-6-17-9-12/h2-10H,1H3/b13-8+. The van der Waals surface area contributed by atoms with Crippen LogP contribution in [0, 0.1) is 12.7 Å². The molecule has 2 aromatic rings. The van der Waals surface area contributed by atoms with Crippen molar-refractivity contribution in [2.75, 3.05) is 0 Å². The molecule has 18 heavy (non-hydrogen) atoms. The quantitative estimate of drug-likeness (QED) is 0.609. The van der Waals surface area contributed by atoms with E-state index in [0.29, 0.717) is 5.57 Å². The van der Waals surface area contributed by atoms with Gasteiger partial charge in [0.1, 0.15) is 5.82 Å². The highest BCUT2D eigenvalue weighted by Crippen LogP contribution is 2.20. The van der Waals surface area contributed by atoms with Gasteiger partial charge in [0.15, 0.2) is 6.29 Å². The zero-order chi connectivity index (χ0) is 13.0. The predicted octanol–water partition coefficient (Wildman–Crippen LogP) is 3.27. The highest BCUT2D eigenvalue weighted by molar-refractivity contribution is 6.13. The topological polar surface area (TPSA) is 30.0 Å². The third kappa shape index (κ3) is 2.69. The predicted molar refractivity (Wildman–Crippen MR) is 69.3 cm³/mol. The molecule has 1 heterocycles. The molecule has 0 amide bonds. The number of aromatic nitrogens is 1. The van der Waals surface area contributed by atoms with Crippen LogP contribution in [0.4, 0.5) is 4.39 Å². The molecule has 0 spiro atoms. The van der Waals surface area contributed by atoms with Crippen LogP contribution in [0.3, 0.4) is 0 Å². The summed E-state index contributed by atoms with van der Waals surface area (Å²) in [7, 11) is 0. The summed E-state index contributed by atoms with van der Waals surface area (Å²) in [6.45, 7) is 1.78. The lowest BCUT2D eigenvalue weighted by molar-refractivity contribution is -0.103. The number of benzene rings is 1. The van der Waals surface area contributed by atoms with Gasteiger partial charge in [-0.15, -0.1) is 0 Å². The molecule has 0 aliphatic rings. The zero-order valence-electron chi connectivity index (χ0n) is 9.93. The molecule has 2 rings (SSSR count). The van der Waals surface area contributed by atoms with Gasteiger partial charge in [0.2, 0.25) is 0 Å². The Morgan fingerprint density at radius 1 is 1.33 bits per heavy atom. The maximum Gasteiger partial charge on any atom is 0.150 e. The van der Waals surface area contributed by atoms with Gasteiger partial charge in [0.25, 0.3) is 0 Å². The van der Waals surface area contributed by atoms with Crippen LogP contribution in [0.1, 0.15) is 16.7 Å². The molecule has 0 N–H and O–H groups in total. The molecule has 0 unspecified atom stereocenters. The third-order valence-corrected chi connectivity index (χ3v) is 2.63. The van der Waals surface area contributed by atoms with Crippen LogP contribution in [0.5, 0.6) is 0 Å². The summed E-state index contributed by atoms with van der Waals surface area (Å²) in [6.07, 6.45) is 5.84. The van der Waals surface area contributed by atoms with Crippen molar-refractivity contribution in [1.29, 1.82) is 0 Å². The first kappa shape index (κ1) is 12.2. The van der Waals surface area contributed by atoms with Crippen LogP contribution in [-0.2, 0) is 4.79 Å². The lowest BCUT2D eigenvalue weighted by Crippen LogP contribution is -1.91. The minimum atomic E-state index is -0.303. The minimum absolute atomic E-state index is 0.303. The number of carbonyl (C=O) groups excluding carboxylic acids is 1. The van der Waals surface area contributed by atoms with Gasteiger partial charge in [-0.25, -0.2) is 4.39 Å². The number of aryl methyl sites for hydroxylation is 1. The minimum Gasteiger partial charge on any atom is -0.298 e. The summed E-state index contributed by atoms with van der Waals surface area (Å²) in [5.74, 6) is -0.303. The Labute approximate surface area is 105 Å². The molecule has 0 radical (unpaired) electrons. The van der Waals surface area contributed by atoms with Crippen molar-refractivity contribution in [2.24, 2.45) is 0 Å². The van der Waals surface area contributed by atoms with Crippen molar-refractivity contribution in [1.82, 2.24) is 4.98 Å². The molecule has 3 heteroatoms. The zero-order valence-corrected chi connectivity index (χ0v) is 9.93. The Morgan fingerprint density at radius 2 is 2.17 bits per heavy atom. The molecule has 0 fully saturated rings. The van der Waals surface area contributed by atoms with Crippen molar-refractivity contribution in [3.05, 3.63) is 65.2 Å². The van der Waals surface area contributed by atoms with Crippen LogP contribution in [0.15, 0.2) is 42.7 Å². The van der Waals surface area contributed by atoms with Crippen LogP contribution in [-0.4, -0.2) is 11.3 Å². The van der Waals surface area contributed by atoms with Gasteiger partial charge in [0.05, 0.1) is 0 Å². The van der Waals surface area contributed by atoms with E-state index in [4.69, 9.17) is 0 Å². The Bertz CT molecular complexity index is 591. The smallest absolute Gasteiger partial charge is 0.150 e. The number of rotatable bonds is 3. The van der Waals surface area contributed by atoms with Crippen molar-refractivity contribution < 1.29 is 9.18 Å². The van der Waals surface area contributed by atoms with Crippen LogP contribution in [0.2, 0.25) is 0 Å². The van der Waals surface area contributed by atoms with E-state index in [-0.39, 0.29) is 5.82 Å². The monoisotopic (exact) mass is 241 g/mol. The lowest BCUT2D eigenvalue weighted by atomic mass is 10.00. The summed E-state index contributed by atoms with van der Waals surface area (Å²) in [4.78, 5) is 15.1. The molecule has 0 bridgehead atoms. The Hall–Kier alpha value is -2.29. The van der Waals surface area contributed by atoms with Gasteiger partial charge in [-0.05, 0) is 47.9 Å². The summed E-state index contributed by atoms with van der Waals surface area (Å²) in [5, 5.41) is 0. The highest BCUT2D eigenvalue weighted by atomic mass is 19.1. The van der Waals surface area contributed by atoms with Crippen LogP contribution >= 0.6 is 0 Å². The second-order valence-electron chi connectivity index (χ2n) is 3.96. The first-order valence-electron chi connectivity index (χ1n) is 5.54. The van der Waals surface area contributed by atoms with E-state index in [0.717, 1.165) is 23.0 Å². The molecule has 2 nitrogen and oxygen atoms in total. The van der Waals surface area contributed by atoms with Crippen molar-refractivity contribution in [3.63, 3.8) is 0 Å². The molecule has 0 saturated carbocycles. The molecule has 1 aromatic heterocycles. The number of pyridine rings is 1. The number of carbonyl (C=O) groups is 1. The van der Waals surface area contributed by atoms with E-state index in [9.17, 15) is 9.18 Å². The van der Waals surface area contributed by atoms with Crippen LogP contribution in [0.25, 0.3) is 11.6 Å². The number of hydrogen-bond donors (Lipinski definition) is 0. The van der Waals surface area contributed by atoms with E-state index in [2.05, 4.69) is 4.98 Å². The molecule has 0 aliphatic carbocycles. The van der Waals surface area contributed by atoms with E-state index in [1.54, 1.807) is 37.5 Å². The molecule has 90 valence electrons. The largest absolute Gasteiger partial charge is 0.298 e. The third-order valence-electron chi connectivity index (χ3n) is 2.63. The van der Waals surface area contributed by atoms with E-state index >= 15 is 0 Å². The first-order valence-corrected chi connectivity index (χ1v) is 5.54. The summed E-state index contributed by atoms with van der Waals surface area (Å²) in [5.41, 5.74) is 2.82. The average molecular weight is 241 g/mol. The molecule has 0 atom stereocenters. The second kappa shape index (κ2) is 5.36. The number of hydrogen-bond acceptors (Lipinski definition) is 2. The highest BCUT2D eigenvalue weighted by Gasteiger charge is 2.05. The molecular weight excluding hydrogens is 229 g/mol. The summed E-state index contributed by atoms with van der Waals surface area (Å²) >= 11 is 0. The molecule has 0 aliphatic heterocycles. The van der Waals surface area contributed by atoms with Gasteiger partial charge >= 0.3 is 0 Å². The Morgan fingerprint density at radius 3 is 2.78 bits per heavy atom. The number of halogens is 1. The van der Waals surface area contributed by atoms with Crippen molar-refractivity contribution in [3.8, 4) is 0 Å². The number of allylic oxidation sites excluding steroid dienone is 1. The van der Waals surface area contributed by atoms with Crippen molar-refractivity contribution >= 4 is 17.9 Å². The van der Waals surface area contributed by atoms with E-state index in [1.165, 1.54) is 12.1 Å². The Kier molecular flexibility index (Phi) is 3.63. The fourth-order valence-electron chi connectivity index (χ4n) is 1.77. The Balaban J connectivity index is 2.46. The fraction of sp³-hybridized carbons (Fsp3) is 0.0667. The molecule has 0 saturated heterocycles.